The third-order valence-corrected chi connectivity index (χ3v) is 6.43. The maximum Gasteiger partial charge on any atom is 0.437 e. The number of carbonyl (C=O) groups is 3. The summed E-state index contributed by atoms with van der Waals surface area (Å²) in [6.07, 6.45) is -0.113. The molecule has 10 nitrogen and oxygen atoms in total. The Morgan fingerprint density at radius 1 is 0.974 bits per heavy atom. The zero-order chi connectivity index (χ0) is 27.7. The van der Waals surface area contributed by atoms with E-state index in [1.807, 2.05) is 75.5 Å². The van der Waals surface area contributed by atoms with Gasteiger partial charge in [0.1, 0.15) is 12.6 Å². The molecule has 2 N–H and O–H groups in total. The molecule has 3 rings (SSSR count). The van der Waals surface area contributed by atoms with Gasteiger partial charge in [-0.3, -0.25) is 9.59 Å². The molecule has 0 spiro atoms. The number of hydrogen-bond acceptors (Lipinski definition) is 8. The number of amides is 2. The molecule has 38 heavy (non-hydrogen) atoms. The topological polar surface area (TPSA) is 133 Å². The van der Waals surface area contributed by atoms with Crippen molar-refractivity contribution in [2.75, 3.05) is 0 Å². The van der Waals surface area contributed by atoms with Gasteiger partial charge < -0.3 is 19.8 Å². The highest BCUT2D eigenvalue weighted by Crippen LogP contribution is 2.13. The van der Waals surface area contributed by atoms with Gasteiger partial charge in [0.2, 0.25) is 11.7 Å². The summed E-state index contributed by atoms with van der Waals surface area (Å²) in [5.74, 6) is -2.15. The van der Waals surface area contributed by atoms with Gasteiger partial charge in [-0.1, -0.05) is 64.1 Å². The van der Waals surface area contributed by atoms with Crippen LogP contribution in [0.2, 0.25) is 0 Å². The molecule has 0 saturated carbocycles. The van der Waals surface area contributed by atoms with E-state index in [0.717, 1.165) is 15.1 Å². The number of nitrogens with zero attached hydrogens (tertiary/aromatic N) is 2. The lowest BCUT2D eigenvalue weighted by Gasteiger charge is -2.24. The number of ketones is 1. The Morgan fingerprint density at radius 2 is 1.66 bits per heavy atom. The Balaban J connectivity index is 1.70. The van der Waals surface area contributed by atoms with Crippen molar-refractivity contribution in [1.29, 1.82) is 0 Å². The van der Waals surface area contributed by atoms with Crippen LogP contribution in [0.4, 0.5) is 4.79 Å². The second-order valence-corrected chi connectivity index (χ2v) is 10.9. The van der Waals surface area contributed by atoms with Crippen LogP contribution in [-0.4, -0.2) is 39.6 Å². The maximum atomic E-state index is 13.3. The van der Waals surface area contributed by atoms with E-state index < -0.39 is 35.6 Å². The van der Waals surface area contributed by atoms with E-state index in [2.05, 4.69) is 15.7 Å². The van der Waals surface area contributed by atoms with Crippen LogP contribution in [0, 0.1) is 11.8 Å². The van der Waals surface area contributed by atoms with E-state index in [9.17, 15) is 19.2 Å². The predicted octanol–water partition coefficient (Wildman–Crippen LogP) is 4.00. The van der Waals surface area contributed by atoms with Crippen molar-refractivity contribution >= 4 is 29.1 Å². The van der Waals surface area contributed by atoms with Gasteiger partial charge in [0, 0.05) is 4.88 Å². The second kappa shape index (κ2) is 13.7. The lowest BCUT2D eigenvalue weighted by atomic mass is 9.98. The van der Waals surface area contributed by atoms with Gasteiger partial charge >= 0.3 is 11.8 Å². The number of aromatic nitrogens is 2. The first-order valence-corrected chi connectivity index (χ1v) is 13.4. The molecule has 2 amide bonds. The average Bonchev–Trinajstić information content (AvgIpc) is 3.51. The number of Topliss-reactive ketones (excluding diaryl/α,β-unsaturated/α-hetero) is 1. The second-order valence-electron chi connectivity index (χ2n) is 9.85. The van der Waals surface area contributed by atoms with Gasteiger partial charge in [0.15, 0.2) is 0 Å². The Morgan fingerprint density at radius 3 is 2.29 bits per heavy atom. The van der Waals surface area contributed by atoms with E-state index in [4.69, 9.17) is 9.15 Å². The summed E-state index contributed by atoms with van der Waals surface area (Å²) in [4.78, 5) is 52.2. The molecular weight excluding hydrogens is 508 g/mol. The number of alkyl carbamates (subject to hydrolysis) is 1. The highest BCUT2D eigenvalue weighted by atomic mass is 32.1. The third kappa shape index (κ3) is 8.69. The minimum Gasteiger partial charge on any atom is -0.445 e. The van der Waals surface area contributed by atoms with Crippen LogP contribution in [0.3, 0.4) is 0 Å². The van der Waals surface area contributed by atoms with Gasteiger partial charge in [-0.25, -0.2) is 9.59 Å². The molecule has 2 atom stereocenters. The third-order valence-electron chi connectivity index (χ3n) is 5.57. The molecule has 0 radical (unpaired) electrons. The van der Waals surface area contributed by atoms with Crippen LogP contribution in [0.15, 0.2) is 57.1 Å². The molecule has 2 unspecified atom stereocenters. The molecule has 0 bridgehead atoms. The Bertz CT molecular complexity index is 1250. The summed E-state index contributed by atoms with van der Waals surface area (Å²) < 4.78 is 11.5. The average molecular weight is 543 g/mol. The fourth-order valence-corrected chi connectivity index (χ4v) is 4.48. The molecule has 0 saturated heterocycles. The van der Waals surface area contributed by atoms with E-state index in [0.29, 0.717) is 12.8 Å². The highest BCUT2D eigenvalue weighted by Gasteiger charge is 2.31. The molecule has 0 aliphatic heterocycles. The number of hydrogen-bond donors (Lipinski definition) is 2. The molecule has 2 aromatic heterocycles. The summed E-state index contributed by atoms with van der Waals surface area (Å²) in [5, 5.41) is 11.3. The molecule has 1 aromatic carbocycles. The van der Waals surface area contributed by atoms with E-state index >= 15 is 0 Å². The van der Waals surface area contributed by atoms with Gasteiger partial charge in [0.25, 0.3) is 5.89 Å². The highest BCUT2D eigenvalue weighted by molar-refractivity contribution is 7.09. The maximum absolute atomic E-state index is 13.3. The van der Waals surface area contributed by atoms with Crippen LogP contribution in [0.25, 0.3) is 0 Å². The van der Waals surface area contributed by atoms with Crippen molar-refractivity contribution in [3.63, 3.8) is 0 Å². The zero-order valence-corrected chi connectivity index (χ0v) is 22.8. The summed E-state index contributed by atoms with van der Waals surface area (Å²) >= 11 is 1.45. The van der Waals surface area contributed by atoms with Crippen molar-refractivity contribution in [3.05, 3.63) is 74.7 Å². The molecular formula is C27H34N4O6S. The van der Waals surface area contributed by atoms with E-state index in [1.54, 1.807) is 0 Å². The number of ether oxygens (including phenoxy) is 1. The summed E-state index contributed by atoms with van der Waals surface area (Å²) in [7, 11) is 0. The fourth-order valence-electron chi connectivity index (χ4n) is 3.79. The van der Waals surface area contributed by atoms with E-state index in [-0.39, 0.29) is 30.9 Å². The number of nitrogens with one attached hydrogen (secondary N) is 2. The smallest absolute Gasteiger partial charge is 0.437 e. The first-order valence-electron chi connectivity index (χ1n) is 12.5. The van der Waals surface area contributed by atoms with Gasteiger partial charge in [-0.05, 0) is 41.7 Å². The number of carbonyl (C=O) groups excluding carboxylic acids is 3. The minimum absolute atomic E-state index is 0.0384. The van der Waals surface area contributed by atoms with Gasteiger partial charge in [0.05, 0.1) is 12.6 Å². The molecule has 2 heterocycles. The largest absolute Gasteiger partial charge is 0.445 e. The van der Waals surface area contributed by atoms with E-state index in [1.165, 1.54) is 11.3 Å². The summed E-state index contributed by atoms with van der Waals surface area (Å²) in [5.41, 5.74) is 0.815. The van der Waals surface area contributed by atoms with Crippen molar-refractivity contribution < 1.29 is 23.5 Å². The Kier molecular flexibility index (Phi) is 10.4. The standard InChI is InChI=1S/C27H34N4O6S/c1-17(2)13-21(23(32)25-30-31(27(35)37-25)15-20-11-8-12-38-20)28-24(33)22(14-18(3)4)29-26(34)36-16-19-9-6-5-7-10-19/h5-12,17-18,21-22H,13-16H2,1-4H3,(H,28,33)(H,29,34). The number of thiophene rings is 1. The van der Waals surface area contributed by atoms with Gasteiger partial charge in [-0.15, -0.1) is 16.4 Å². The SMILES string of the molecule is CC(C)CC(NC(=O)OCc1ccccc1)C(=O)NC(CC(C)C)C(=O)c1nn(Cc2cccs2)c(=O)o1. The Labute approximate surface area is 225 Å². The zero-order valence-electron chi connectivity index (χ0n) is 22.0. The quantitative estimate of drug-likeness (QED) is 0.312. The molecule has 204 valence electrons. The normalized spacial score (nSPS) is 12.8. The summed E-state index contributed by atoms with van der Waals surface area (Å²) in [6, 6.07) is 11.0. The van der Waals surface area contributed by atoms with Crippen molar-refractivity contribution in [2.45, 2.75) is 65.8 Å². The first kappa shape index (κ1) is 28.8. The van der Waals surface area contributed by atoms with Crippen molar-refractivity contribution in [2.24, 2.45) is 11.8 Å². The Hall–Kier alpha value is -3.73. The molecule has 11 heteroatoms. The van der Waals surface area contributed by atoms with Crippen LogP contribution in [0.5, 0.6) is 0 Å². The van der Waals surface area contributed by atoms with Gasteiger partial charge in [-0.2, -0.15) is 4.68 Å². The lowest BCUT2D eigenvalue weighted by molar-refractivity contribution is -0.124. The van der Waals surface area contributed by atoms with Crippen LogP contribution in [0.1, 0.15) is 61.7 Å². The predicted molar refractivity (Wildman–Crippen MR) is 143 cm³/mol. The summed E-state index contributed by atoms with van der Waals surface area (Å²) in [6.45, 7) is 7.89. The fraction of sp³-hybridized carbons (Fsp3) is 0.444. The number of benzene rings is 1. The van der Waals surface area contributed by atoms with Crippen molar-refractivity contribution in [3.8, 4) is 0 Å². The first-order chi connectivity index (χ1) is 18.1. The lowest BCUT2D eigenvalue weighted by Crippen LogP contribution is -2.52. The monoisotopic (exact) mass is 542 g/mol. The molecule has 0 aliphatic carbocycles. The van der Waals surface area contributed by atoms with Crippen LogP contribution in [-0.2, 0) is 22.7 Å². The van der Waals surface area contributed by atoms with Crippen molar-refractivity contribution in [1.82, 2.24) is 20.4 Å². The molecule has 0 fully saturated rings. The van der Waals surface area contributed by atoms with Crippen LogP contribution >= 0.6 is 11.3 Å². The van der Waals surface area contributed by atoms with Crippen LogP contribution < -0.4 is 16.4 Å². The molecule has 3 aromatic rings. The number of rotatable bonds is 13. The minimum atomic E-state index is -0.993. The molecule has 0 aliphatic rings.